The van der Waals surface area contributed by atoms with Crippen LogP contribution in [0.15, 0.2) is 10.7 Å². The normalized spacial score (nSPS) is 30.2. The third-order valence-electron chi connectivity index (χ3n) is 4.88. The molecule has 3 saturated carbocycles. The summed E-state index contributed by atoms with van der Waals surface area (Å²) in [5.41, 5.74) is 0. The minimum Gasteiger partial charge on any atom is -0.469 e. The van der Waals surface area contributed by atoms with Crippen molar-refractivity contribution in [1.29, 1.82) is 0 Å². The van der Waals surface area contributed by atoms with Crippen LogP contribution in [0.2, 0.25) is 0 Å². The molecule has 1 unspecified atom stereocenters. The monoisotopic (exact) mass is 374 g/mol. The molecular formula is C15H17BrF2N2O2. The van der Waals surface area contributed by atoms with E-state index in [1.54, 1.807) is 0 Å². The number of halogens is 3. The van der Waals surface area contributed by atoms with Gasteiger partial charge in [0.25, 0.3) is 0 Å². The molecule has 0 aromatic carbocycles. The number of hydrogen-bond acceptors (Lipinski definition) is 4. The molecule has 0 saturated heterocycles. The number of pyridine rings is 1. The first-order valence-corrected chi connectivity index (χ1v) is 8.16. The molecule has 120 valence electrons. The smallest absolute Gasteiger partial charge is 0.311 e. The van der Waals surface area contributed by atoms with E-state index in [0.717, 1.165) is 31.7 Å². The zero-order chi connectivity index (χ0) is 15.9. The van der Waals surface area contributed by atoms with Crippen molar-refractivity contribution in [2.75, 3.05) is 12.4 Å². The molecule has 1 heterocycles. The van der Waals surface area contributed by atoms with Crippen LogP contribution in [0.5, 0.6) is 0 Å². The molecule has 3 aliphatic rings. The van der Waals surface area contributed by atoms with Gasteiger partial charge in [-0.2, -0.15) is 0 Å². The van der Waals surface area contributed by atoms with Crippen LogP contribution < -0.4 is 5.32 Å². The van der Waals surface area contributed by atoms with Gasteiger partial charge >= 0.3 is 5.97 Å². The summed E-state index contributed by atoms with van der Waals surface area (Å²) >= 11 is 2.96. The Morgan fingerprint density at radius 2 is 1.91 bits per heavy atom. The molecule has 0 aliphatic heterocycles. The quantitative estimate of drug-likeness (QED) is 0.649. The lowest BCUT2D eigenvalue weighted by Gasteiger charge is -2.47. The maximum absolute atomic E-state index is 13.9. The number of rotatable bonds is 3. The molecule has 2 bridgehead atoms. The summed E-state index contributed by atoms with van der Waals surface area (Å²) in [6.45, 7) is 0. The van der Waals surface area contributed by atoms with Gasteiger partial charge in [-0.1, -0.05) is 0 Å². The standard InChI is InChI=1S/C15H17BrF2N2O2/c1-22-15(21)11-7-2-4-8(5-3-7)12(11)19-14-10(18)6-9(17)13(16)20-14/h6-8,11-12H,2-5H2,1H3,(H,19,20)/t7?,8?,11-,12?/m0/s1. The van der Waals surface area contributed by atoms with Crippen LogP contribution in [0.1, 0.15) is 25.7 Å². The van der Waals surface area contributed by atoms with E-state index in [0.29, 0.717) is 0 Å². The first-order chi connectivity index (χ1) is 10.5. The second-order valence-electron chi connectivity index (χ2n) is 5.99. The van der Waals surface area contributed by atoms with Crippen LogP contribution in [0.3, 0.4) is 0 Å². The third-order valence-corrected chi connectivity index (χ3v) is 5.44. The largest absolute Gasteiger partial charge is 0.469 e. The van der Waals surface area contributed by atoms with Gasteiger partial charge in [-0.05, 0) is 53.4 Å². The second-order valence-corrected chi connectivity index (χ2v) is 6.74. The Labute approximate surface area is 135 Å². The predicted octanol–water partition coefficient (Wildman–Crippen LogP) is 3.51. The Bertz CT molecular complexity index is 591. The van der Waals surface area contributed by atoms with E-state index < -0.39 is 11.6 Å². The summed E-state index contributed by atoms with van der Waals surface area (Å²) < 4.78 is 32.1. The number of nitrogens with zero attached hydrogens (tertiary/aromatic N) is 1. The first-order valence-electron chi connectivity index (χ1n) is 7.37. The van der Waals surface area contributed by atoms with E-state index >= 15 is 0 Å². The molecule has 0 spiro atoms. The summed E-state index contributed by atoms with van der Waals surface area (Å²) in [7, 11) is 1.37. The van der Waals surface area contributed by atoms with Crippen molar-refractivity contribution >= 4 is 27.7 Å². The van der Waals surface area contributed by atoms with Crippen LogP contribution in [0, 0.1) is 29.4 Å². The molecular weight excluding hydrogens is 358 g/mol. The zero-order valence-electron chi connectivity index (χ0n) is 12.1. The molecule has 1 aromatic rings. The Kier molecular flexibility index (Phi) is 4.34. The molecule has 4 nitrogen and oxygen atoms in total. The van der Waals surface area contributed by atoms with Gasteiger partial charge in [-0.3, -0.25) is 4.79 Å². The van der Waals surface area contributed by atoms with Gasteiger partial charge in [0.05, 0.1) is 13.0 Å². The average Bonchev–Trinajstić information content (AvgIpc) is 2.53. The van der Waals surface area contributed by atoms with Gasteiger partial charge in [0.2, 0.25) is 0 Å². The van der Waals surface area contributed by atoms with E-state index in [-0.39, 0.29) is 40.2 Å². The molecule has 7 heteroatoms. The number of esters is 1. The number of anilines is 1. The highest BCUT2D eigenvalue weighted by Gasteiger charge is 2.48. The van der Waals surface area contributed by atoms with Crippen LogP contribution in [-0.2, 0) is 9.53 Å². The predicted molar refractivity (Wildman–Crippen MR) is 80.2 cm³/mol. The third kappa shape index (κ3) is 2.71. The summed E-state index contributed by atoms with van der Waals surface area (Å²) in [5, 5.41) is 3.03. The minimum atomic E-state index is -0.759. The topological polar surface area (TPSA) is 51.2 Å². The molecule has 0 radical (unpaired) electrons. The summed E-state index contributed by atoms with van der Waals surface area (Å²) in [6, 6.07) is 0.563. The number of ether oxygens (including phenoxy) is 1. The first kappa shape index (κ1) is 15.6. The molecule has 0 amide bonds. The van der Waals surface area contributed by atoms with Gasteiger partial charge in [0.1, 0.15) is 4.60 Å². The second kappa shape index (κ2) is 6.10. The van der Waals surface area contributed by atoms with Gasteiger partial charge in [0, 0.05) is 12.1 Å². The van der Waals surface area contributed by atoms with E-state index in [4.69, 9.17) is 4.74 Å². The fraction of sp³-hybridized carbons (Fsp3) is 0.600. The molecule has 3 fully saturated rings. The Balaban J connectivity index is 1.89. The van der Waals surface area contributed by atoms with Crippen molar-refractivity contribution in [3.8, 4) is 0 Å². The Morgan fingerprint density at radius 1 is 1.27 bits per heavy atom. The van der Waals surface area contributed by atoms with E-state index in [1.807, 2.05) is 0 Å². The van der Waals surface area contributed by atoms with Gasteiger partial charge in [-0.25, -0.2) is 13.8 Å². The van der Waals surface area contributed by atoms with Crippen molar-refractivity contribution in [2.45, 2.75) is 31.7 Å². The number of fused-ring (bicyclic) bond motifs is 3. The lowest BCUT2D eigenvalue weighted by molar-refractivity contribution is -0.152. The Morgan fingerprint density at radius 3 is 2.55 bits per heavy atom. The molecule has 22 heavy (non-hydrogen) atoms. The summed E-state index contributed by atoms with van der Waals surface area (Å²) in [6.07, 6.45) is 3.98. The van der Waals surface area contributed by atoms with Gasteiger partial charge in [-0.15, -0.1) is 0 Å². The number of carbonyl (C=O) groups excluding carboxylic acids is 1. The number of nitrogens with one attached hydrogen (secondary N) is 1. The molecule has 2 atom stereocenters. The van der Waals surface area contributed by atoms with Crippen LogP contribution in [-0.4, -0.2) is 24.1 Å². The van der Waals surface area contributed by atoms with Crippen molar-refractivity contribution < 1.29 is 18.3 Å². The molecule has 3 aliphatic carbocycles. The van der Waals surface area contributed by atoms with Crippen LogP contribution >= 0.6 is 15.9 Å². The maximum Gasteiger partial charge on any atom is 0.311 e. The lowest BCUT2D eigenvalue weighted by atomic mass is 9.61. The van der Waals surface area contributed by atoms with E-state index in [1.165, 1.54) is 7.11 Å². The zero-order valence-corrected chi connectivity index (χ0v) is 13.7. The number of carbonyl (C=O) groups is 1. The highest BCUT2D eigenvalue weighted by atomic mass is 79.9. The summed E-state index contributed by atoms with van der Waals surface area (Å²) in [5.74, 6) is -1.58. The van der Waals surface area contributed by atoms with Crippen LogP contribution in [0.4, 0.5) is 14.6 Å². The summed E-state index contributed by atoms with van der Waals surface area (Å²) in [4.78, 5) is 16.0. The SMILES string of the molecule is COC(=O)[C@H]1C2CCC(CC2)C1Nc1nc(Br)c(F)cc1F. The lowest BCUT2D eigenvalue weighted by Crippen LogP contribution is -2.52. The molecule has 1 aromatic heterocycles. The van der Waals surface area contributed by atoms with Crippen molar-refractivity contribution in [2.24, 2.45) is 17.8 Å². The van der Waals surface area contributed by atoms with Crippen molar-refractivity contribution in [1.82, 2.24) is 4.98 Å². The van der Waals surface area contributed by atoms with Crippen LogP contribution in [0.25, 0.3) is 0 Å². The fourth-order valence-corrected chi connectivity index (χ4v) is 4.13. The van der Waals surface area contributed by atoms with Gasteiger partial charge in [0.15, 0.2) is 17.5 Å². The number of methoxy groups -OCH3 is 1. The van der Waals surface area contributed by atoms with E-state index in [2.05, 4.69) is 26.2 Å². The van der Waals surface area contributed by atoms with Gasteiger partial charge < -0.3 is 10.1 Å². The molecule has 4 rings (SSSR count). The fourth-order valence-electron chi connectivity index (χ4n) is 3.84. The number of aromatic nitrogens is 1. The maximum atomic E-state index is 13.9. The number of hydrogen-bond donors (Lipinski definition) is 1. The van der Waals surface area contributed by atoms with E-state index in [9.17, 15) is 13.6 Å². The van der Waals surface area contributed by atoms with Crippen molar-refractivity contribution in [3.05, 3.63) is 22.3 Å². The average molecular weight is 375 g/mol. The highest BCUT2D eigenvalue weighted by Crippen LogP contribution is 2.46. The highest BCUT2D eigenvalue weighted by molar-refractivity contribution is 9.10. The van der Waals surface area contributed by atoms with Crippen molar-refractivity contribution in [3.63, 3.8) is 0 Å². The Hall–Kier alpha value is -1.24. The minimum absolute atomic E-state index is 0.0280. The molecule has 1 N–H and O–H groups in total.